The number of aromatic amines is 1. The number of nitrogens with one attached hydrogen (secondary N) is 1. The quantitative estimate of drug-likeness (QED) is 0.428. The van der Waals surface area contributed by atoms with Crippen molar-refractivity contribution in [2.75, 3.05) is 26.2 Å². The summed E-state index contributed by atoms with van der Waals surface area (Å²) in [6.07, 6.45) is 0. The highest BCUT2D eigenvalue weighted by Gasteiger charge is 2.20. The Morgan fingerprint density at radius 2 is 1.62 bits per heavy atom. The summed E-state index contributed by atoms with van der Waals surface area (Å²) >= 11 is 11.4. The minimum atomic E-state index is 0.562. The largest absolute Gasteiger partial charge is 0.338 e. The standard InChI is InChI=1S/C22H22ClN7OS/c23-18-8-6-17(7-9-18)21-24-19(31-27-21)14-28-10-12-29(13-11-28)15-30-22(32)25-20(26-30)16-4-2-1-3-5-16/h1-9H,10-15H2,(H,25,26,32). The molecule has 0 unspecified atom stereocenters. The average molecular weight is 468 g/mol. The molecule has 32 heavy (non-hydrogen) atoms. The molecule has 3 heterocycles. The zero-order valence-electron chi connectivity index (χ0n) is 17.3. The number of hydrogen-bond donors (Lipinski definition) is 1. The third-order valence-electron chi connectivity index (χ3n) is 5.46. The Labute approximate surface area is 195 Å². The molecule has 8 nitrogen and oxygen atoms in total. The molecule has 5 rings (SSSR count). The molecule has 2 aromatic carbocycles. The third kappa shape index (κ3) is 4.81. The fourth-order valence-electron chi connectivity index (χ4n) is 3.69. The van der Waals surface area contributed by atoms with E-state index < -0.39 is 0 Å². The van der Waals surface area contributed by atoms with Crippen molar-refractivity contribution < 1.29 is 4.52 Å². The predicted octanol–water partition coefficient (Wildman–Crippen LogP) is 4.09. The van der Waals surface area contributed by atoms with Crippen molar-refractivity contribution >= 4 is 23.8 Å². The van der Waals surface area contributed by atoms with Gasteiger partial charge in [-0.25, -0.2) is 4.68 Å². The Morgan fingerprint density at radius 1 is 0.906 bits per heavy atom. The molecule has 0 atom stereocenters. The molecule has 0 bridgehead atoms. The van der Waals surface area contributed by atoms with E-state index >= 15 is 0 Å². The lowest BCUT2D eigenvalue weighted by molar-refractivity contribution is 0.0910. The smallest absolute Gasteiger partial charge is 0.241 e. The summed E-state index contributed by atoms with van der Waals surface area (Å²) in [5, 5.41) is 8.10. The first kappa shape index (κ1) is 21.0. The lowest BCUT2D eigenvalue weighted by Crippen LogP contribution is -2.46. The SMILES string of the molecule is S=c1nc(-c2ccccc2)[nH]n1CN1CCN(Cc2nc(-c3ccc(Cl)cc3)no2)CC1. The molecule has 164 valence electrons. The van der Waals surface area contributed by atoms with E-state index in [1.54, 1.807) is 0 Å². The van der Waals surface area contributed by atoms with Crippen molar-refractivity contribution in [3.8, 4) is 22.8 Å². The minimum absolute atomic E-state index is 0.562. The van der Waals surface area contributed by atoms with Crippen LogP contribution in [0.25, 0.3) is 22.8 Å². The zero-order valence-corrected chi connectivity index (χ0v) is 18.9. The van der Waals surface area contributed by atoms with Crippen LogP contribution in [-0.4, -0.2) is 60.9 Å². The molecule has 0 saturated carbocycles. The van der Waals surface area contributed by atoms with Crippen LogP contribution in [0.1, 0.15) is 5.89 Å². The Bertz CT molecular complexity index is 1230. The van der Waals surface area contributed by atoms with Crippen LogP contribution in [0.5, 0.6) is 0 Å². The first-order valence-electron chi connectivity index (χ1n) is 10.4. The molecule has 0 radical (unpaired) electrons. The van der Waals surface area contributed by atoms with Crippen LogP contribution >= 0.6 is 23.8 Å². The maximum atomic E-state index is 5.95. The van der Waals surface area contributed by atoms with Gasteiger partial charge in [-0.3, -0.25) is 14.9 Å². The lowest BCUT2D eigenvalue weighted by atomic mass is 10.2. The van der Waals surface area contributed by atoms with Gasteiger partial charge in [0.25, 0.3) is 0 Å². The Morgan fingerprint density at radius 3 is 2.38 bits per heavy atom. The molecule has 1 N–H and O–H groups in total. The molecule has 0 aliphatic carbocycles. The number of rotatable bonds is 6. The fraction of sp³-hybridized carbons (Fsp3) is 0.273. The molecule has 1 fully saturated rings. The van der Waals surface area contributed by atoms with Gasteiger partial charge >= 0.3 is 0 Å². The van der Waals surface area contributed by atoms with Crippen molar-refractivity contribution in [3.05, 3.63) is 70.3 Å². The Kier molecular flexibility index (Phi) is 6.13. The van der Waals surface area contributed by atoms with Crippen molar-refractivity contribution in [1.82, 2.24) is 34.7 Å². The summed E-state index contributed by atoms with van der Waals surface area (Å²) in [7, 11) is 0. The Balaban J connectivity index is 1.16. The third-order valence-corrected chi connectivity index (χ3v) is 6.03. The van der Waals surface area contributed by atoms with E-state index in [9.17, 15) is 0 Å². The van der Waals surface area contributed by atoms with Gasteiger partial charge in [-0.2, -0.15) is 9.97 Å². The molecule has 0 amide bonds. The van der Waals surface area contributed by atoms with E-state index in [2.05, 4.69) is 30.0 Å². The molecule has 4 aromatic rings. The van der Waals surface area contributed by atoms with Crippen LogP contribution in [-0.2, 0) is 13.2 Å². The molecular weight excluding hydrogens is 446 g/mol. The summed E-state index contributed by atoms with van der Waals surface area (Å²) in [6, 6.07) is 17.4. The number of H-pyrrole nitrogens is 1. The fourth-order valence-corrected chi connectivity index (χ4v) is 4.01. The maximum absolute atomic E-state index is 5.95. The summed E-state index contributed by atoms with van der Waals surface area (Å²) in [5.74, 6) is 1.99. The van der Waals surface area contributed by atoms with Crippen LogP contribution in [0, 0.1) is 4.77 Å². The van der Waals surface area contributed by atoms with Crippen molar-refractivity contribution in [3.63, 3.8) is 0 Å². The number of hydrogen-bond acceptors (Lipinski definition) is 7. The van der Waals surface area contributed by atoms with E-state index in [-0.39, 0.29) is 0 Å². The highest BCUT2D eigenvalue weighted by atomic mass is 35.5. The van der Waals surface area contributed by atoms with E-state index in [4.69, 9.17) is 28.3 Å². The first-order valence-corrected chi connectivity index (χ1v) is 11.2. The lowest BCUT2D eigenvalue weighted by Gasteiger charge is -2.33. The molecule has 1 aliphatic heterocycles. The molecule has 1 aliphatic rings. The summed E-state index contributed by atoms with van der Waals surface area (Å²) in [4.78, 5) is 13.7. The van der Waals surface area contributed by atoms with E-state index in [1.165, 1.54) is 0 Å². The molecule has 10 heteroatoms. The second-order valence-electron chi connectivity index (χ2n) is 7.70. The van der Waals surface area contributed by atoms with Crippen LogP contribution in [0.2, 0.25) is 5.02 Å². The second kappa shape index (κ2) is 9.33. The van der Waals surface area contributed by atoms with E-state index in [1.807, 2.05) is 59.3 Å². The van der Waals surface area contributed by atoms with Gasteiger partial charge in [-0.05, 0) is 36.5 Å². The van der Waals surface area contributed by atoms with Crippen molar-refractivity contribution in [1.29, 1.82) is 0 Å². The van der Waals surface area contributed by atoms with Crippen LogP contribution in [0.3, 0.4) is 0 Å². The van der Waals surface area contributed by atoms with Gasteiger partial charge in [0.2, 0.25) is 16.5 Å². The number of halogens is 1. The topological polar surface area (TPSA) is 79.0 Å². The summed E-state index contributed by atoms with van der Waals surface area (Å²) in [5.41, 5.74) is 1.92. The number of aromatic nitrogens is 5. The monoisotopic (exact) mass is 467 g/mol. The van der Waals surface area contributed by atoms with Gasteiger partial charge < -0.3 is 4.52 Å². The first-order chi connectivity index (χ1) is 15.6. The molecule has 1 saturated heterocycles. The minimum Gasteiger partial charge on any atom is -0.338 e. The van der Waals surface area contributed by atoms with Crippen molar-refractivity contribution in [2.45, 2.75) is 13.2 Å². The van der Waals surface area contributed by atoms with Crippen LogP contribution < -0.4 is 0 Å². The zero-order chi connectivity index (χ0) is 21.9. The van der Waals surface area contributed by atoms with E-state index in [0.717, 1.165) is 43.1 Å². The normalized spacial score (nSPS) is 15.3. The summed E-state index contributed by atoms with van der Waals surface area (Å²) < 4.78 is 7.94. The van der Waals surface area contributed by atoms with Gasteiger partial charge in [0.05, 0.1) is 13.2 Å². The molecule has 0 spiro atoms. The second-order valence-corrected chi connectivity index (χ2v) is 8.50. The Hall–Kier alpha value is -2.85. The number of piperazine rings is 1. The van der Waals surface area contributed by atoms with Crippen molar-refractivity contribution in [2.24, 2.45) is 0 Å². The van der Waals surface area contributed by atoms with Crippen LogP contribution in [0.15, 0.2) is 59.1 Å². The van der Waals surface area contributed by atoms with Gasteiger partial charge in [-0.1, -0.05) is 47.1 Å². The number of nitrogens with zero attached hydrogens (tertiary/aromatic N) is 6. The highest BCUT2D eigenvalue weighted by Crippen LogP contribution is 2.19. The number of benzene rings is 2. The molecule has 2 aromatic heterocycles. The molecular formula is C22H22ClN7OS. The maximum Gasteiger partial charge on any atom is 0.241 e. The van der Waals surface area contributed by atoms with Gasteiger partial charge in [-0.15, -0.1) is 0 Å². The average Bonchev–Trinajstić information content (AvgIpc) is 3.43. The van der Waals surface area contributed by atoms with Gasteiger partial charge in [0, 0.05) is 42.3 Å². The van der Waals surface area contributed by atoms with Crippen LogP contribution in [0.4, 0.5) is 0 Å². The highest BCUT2D eigenvalue weighted by molar-refractivity contribution is 7.71. The summed E-state index contributed by atoms with van der Waals surface area (Å²) in [6.45, 7) is 4.97. The van der Waals surface area contributed by atoms with Gasteiger partial charge in [0.15, 0.2) is 5.82 Å². The predicted molar refractivity (Wildman–Crippen MR) is 124 cm³/mol. The van der Waals surface area contributed by atoms with E-state index in [0.29, 0.717) is 34.7 Å². The van der Waals surface area contributed by atoms with Gasteiger partial charge in [0.1, 0.15) is 0 Å².